The summed E-state index contributed by atoms with van der Waals surface area (Å²) >= 11 is 1.79. The van der Waals surface area contributed by atoms with Crippen molar-refractivity contribution in [3.63, 3.8) is 0 Å². The number of nitrogens with one attached hydrogen (secondary N) is 2. The van der Waals surface area contributed by atoms with Crippen LogP contribution in [0.5, 0.6) is 0 Å². The number of likely N-dealkylation sites (tertiary alicyclic amines) is 2. The molecule has 38 heavy (non-hydrogen) atoms. The lowest BCUT2D eigenvalue weighted by atomic mass is 9.87. The zero-order valence-corrected chi connectivity index (χ0v) is 22.8. The molecule has 1 aromatic carbocycles. The maximum absolute atomic E-state index is 13.5. The van der Waals surface area contributed by atoms with E-state index in [1.807, 2.05) is 0 Å². The average molecular weight is 532 g/mol. The molecule has 3 aromatic heterocycles. The van der Waals surface area contributed by atoms with Crippen LogP contribution in [0.1, 0.15) is 55.6 Å². The van der Waals surface area contributed by atoms with E-state index >= 15 is 0 Å². The first kappa shape index (κ1) is 24.9. The Bertz CT molecular complexity index is 1500. The predicted molar refractivity (Wildman–Crippen MR) is 149 cm³/mol. The van der Waals surface area contributed by atoms with Crippen molar-refractivity contribution in [2.45, 2.75) is 45.1 Å². The summed E-state index contributed by atoms with van der Waals surface area (Å²) in [5.74, 6) is 0.181. The fraction of sp³-hybridized carbons (Fsp3) is 0.464. The van der Waals surface area contributed by atoms with Gasteiger partial charge in [-0.1, -0.05) is 19.9 Å². The Hall–Kier alpha value is -3.37. The van der Waals surface area contributed by atoms with Crippen LogP contribution in [0.2, 0.25) is 0 Å². The minimum atomic E-state index is -0.665. The molecule has 10 heteroatoms. The quantitative estimate of drug-likeness (QED) is 0.375. The summed E-state index contributed by atoms with van der Waals surface area (Å²) in [5, 5.41) is 11.6. The van der Waals surface area contributed by atoms with Gasteiger partial charge in [0.1, 0.15) is 0 Å². The zero-order valence-electron chi connectivity index (χ0n) is 22.0. The summed E-state index contributed by atoms with van der Waals surface area (Å²) in [5.41, 5.74) is 3.12. The van der Waals surface area contributed by atoms with Gasteiger partial charge < -0.3 is 15.1 Å². The van der Waals surface area contributed by atoms with E-state index in [1.54, 1.807) is 28.6 Å². The molecule has 0 spiro atoms. The van der Waals surface area contributed by atoms with Crippen molar-refractivity contribution in [1.82, 2.24) is 30.0 Å². The molecule has 4 atom stereocenters. The molecule has 2 saturated heterocycles. The van der Waals surface area contributed by atoms with Crippen LogP contribution in [0.4, 0.5) is 5.69 Å². The Morgan fingerprint density at radius 3 is 2.82 bits per heavy atom. The summed E-state index contributed by atoms with van der Waals surface area (Å²) < 4.78 is 1.18. The number of pyridine rings is 1. The van der Waals surface area contributed by atoms with Crippen LogP contribution in [-0.2, 0) is 9.59 Å². The number of hydrogen-bond acceptors (Lipinski definition) is 7. The number of amides is 2. The molecule has 0 bridgehead atoms. The monoisotopic (exact) mass is 531 g/mol. The summed E-state index contributed by atoms with van der Waals surface area (Å²) in [6, 6.07) is 6.21. The number of H-pyrrole nitrogens is 1. The molecule has 2 aliphatic heterocycles. The molecule has 0 radical (unpaired) electrons. The van der Waals surface area contributed by atoms with Gasteiger partial charge in [0.2, 0.25) is 0 Å². The third-order valence-corrected chi connectivity index (χ3v) is 9.28. The van der Waals surface area contributed by atoms with Crippen LogP contribution in [0.3, 0.4) is 0 Å². The highest BCUT2D eigenvalue weighted by Gasteiger charge is 2.35. The molecule has 0 unspecified atom stereocenters. The number of rotatable bonds is 3. The number of aromatic nitrogens is 4. The van der Waals surface area contributed by atoms with Gasteiger partial charge in [0.15, 0.2) is 0 Å². The van der Waals surface area contributed by atoms with Gasteiger partial charge >= 0.3 is 11.8 Å². The van der Waals surface area contributed by atoms with Crippen molar-refractivity contribution in [3.05, 3.63) is 47.4 Å². The van der Waals surface area contributed by atoms with Crippen molar-refractivity contribution in [3.8, 4) is 0 Å². The van der Waals surface area contributed by atoms with Crippen LogP contribution < -0.4 is 5.32 Å². The molecule has 2 amide bonds. The van der Waals surface area contributed by atoms with Crippen molar-refractivity contribution in [2.24, 2.45) is 11.8 Å². The Labute approximate surface area is 225 Å². The Morgan fingerprint density at radius 2 is 1.97 bits per heavy atom. The van der Waals surface area contributed by atoms with Crippen LogP contribution >= 0.6 is 11.3 Å². The maximum Gasteiger partial charge on any atom is 0.314 e. The second kappa shape index (κ2) is 10.1. The number of carbonyl (C=O) groups is 2. The Morgan fingerprint density at radius 1 is 1.11 bits per heavy atom. The standard InChI is InChI=1S/C28H33N7O2S/c1-16-4-6-23(35(14-16)28(37)26(36)31-22-13-29-11-19-12-30-33-25(19)22)18-5-7-24-21(10-18)32-27(38-24)20-8-9-34(3)15-17(20)2/h5,7,10-13,16-17,20,23H,4,6,8-9,14-15H2,1-3H3,(H,30,33)(H,31,36)/t16-,17-,20-,23+/m0/s1. The lowest BCUT2D eigenvalue weighted by Crippen LogP contribution is -2.46. The van der Waals surface area contributed by atoms with Gasteiger partial charge in [-0.25, -0.2) is 4.98 Å². The third kappa shape index (κ3) is 4.67. The lowest BCUT2D eigenvalue weighted by Gasteiger charge is -2.38. The SMILES string of the molecule is C[C@H]1CC[C@H](c2ccc3sc([C@H]4CCN(C)C[C@@H]4C)nc3c2)N(C(=O)C(=O)Nc2cncc3cn[nH]c23)C1. The number of hydrogen-bond donors (Lipinski definition) is 2. The van der Waals surface area contributed by atoms with Crippen LogP contribution in [0.15, 0.2) is 36.8 Å². The van der Waals surface area contributed by atoms with E-state index < -0.39 is 11.8 Å². The molecule has 0 aliphatic carbocycles. The van der Waals surface area contributed by atoms with Crippen molar-refractivity contribution >= 4 is 50.0 Å². The van der Waals surface area contributed by atoms with Gasteiger partial charge in [0.05, 0.1) is 44.9 Å². The normalized spacial score (nSPS) is 24.7. The average Bonchev–Trinajstić information content (AvgIpc) is 3.55. The molecule has 2 N–H and O–H groups in total. The van der Waals surface area contributed by atoms with Crippen molar-refractivity contribution in [1.29, 1.82) is 0 Å². The molecule has 9 nitrogen and oxygen atoms in total. The minimum absolute atomic E-state index is 0.165. The van der Waals surface area contributed by atoms with E-state index in [4.69, 9.17) is 4.98 Å². The highest BCUT2D eigenvalue weighted by Crippen LogP contribution is 2.39. The topological polar surface area (TPSA) is 107 Å². The number of piperidine rings is 2. The van der Waals surface area contributed by atoms with Gasteiger partial charge in [0, 0.05) is 30.6 Å². The molecular formula is C28H33N7O2S. The van der Waals surface area contributed by atoms with Gasteiger partial charge in [0.25, 0.3) is 0 Å². The first-order valence-electron chi connectivity index (χ1n) is 13.4. The molecule has 2 aliphatic rings. The van der Waals surface area contributed by atoms with Gasteiger partial charge in [-0.15, -0.1) is 11.3 Å². The smallest absolute Gasteiger partial charge is 0.314 e. The number of carbonyl (C=O) groups excluding carboxylic acids is 2. The van der Waals surface area contributed by atoms with Crippen LogP contribution in [0.25, 0.3) is 21.1 Å². The molecule has 198 valence electrons. The van der Waals surface area contributed by atoms with Gasteiger partial charge in [-0.05, 0) is 62.4 Å². The largest absolute Gasteiger partial charge is 0.327 e. The number of nitrogens with zero attached hydrogens (tertiary/aromatic N) is 5. The van der Waals surface area contributed by atoms with Crippen LogP contribution in [-0.4, -0.2) is 68.5 Å². The van der Waals surface area contributed by atoms with E-state index in [9.17, 15) is 9.59 Å². The Kier molecular flexibility index (Phi) is 6.61. The fourth-order valence-corrected chi connectivity index (χ4v) is 7.26. The summed E-state index contributed by atoms with van der Waals surface area (Å²) in [6.45, 7) is 7.17. The third-order valence-electron chi connectivity index (χ3n) is 8.11. The highest BCUT2D eigenvalue weighted by molar-refractivity contribution is 7.18. The van der Waals surface area contributed by atoms with Crippen molar-refractivity contribution < 1.29 is 9.59 Å². The Balaban J connectivity index is 1.25. The predicted octanol–water partition coefficient (Wildman–Crippen LogP) is 4.56. The lowest BCUT2D eigenvalue weighted by molar-refractivity contribution is -0.146. The van der Waals surface area contributed by atoms with Crippen LogP contribution in [0, 0.1) is 11.8 Å². The summed E-state index contributed by atoms with van der Waals surface area (Å²) in [7, 11) is 2.18. The first-order chi connectivity index (χ1) is 18.4. The number of thiazole rings is 1. The number of fused-ring (bicyclic) bond motifs is 2. The number of benzene rings is 1. The molecular weight excluding hydrogens is 498 g/mol. The number of aromatic amines is 1. The second-order valence-corrected chi connectivity index (χ2v) is 12.1. The van der Waals surface area contributed by atoms with E-state index in [-0.39, 0.29) is 6.04 Å². The van der Waals surface area contributed by atoms with E-state index in [1.165, 1.54) is 15.9 Å². The second-order valence-electron chi connectivity index (χ2n) is 11.0. The summed E-state index contributed by atoms with van der Waals surface area (Å²) in [6.07, 6.45) is 7.76. The molecule has 2 fully saturated rings. The van der Waals surface area contributed by atoms with Crippen molar-refractivity contribution in [2.75, 3.05) is 32.0 Å². The summed E-state index contributed by atoms with van der Waals surface area (Å²) in [4.78, 5) is 40.0. The molecule has 4 aromatic rings. The van der Waals surface area contributed by atoms with E-state index in [0.29, 0.717) is 35.5 Å². The first-order valence-corrected chi connectivity index (χ1v) is 14.2. The van der Waals surface area contributed by atoms with E-state index in [2.05, 4.69) is 64.5 Å². The number of anilines is 1. The highest BCUT2D eigenvalue weighted by atomic mass is 32.1. The fourth-order valence-electron chi connectivity index (χ4n) is 6.04. The molecule has 0 saturated carbocycles. The molecule has 5 heterocycles. The molecule has 6 rings (SSSR count). The maximum atomic E-state index is 13.5. The van der Waals surface area contributed by atoms with Gasteiger partial charge in [-0.3, -0.25) is 19.7 Å². The van der Waals surface area contributed by atoms with Gasteiger partial charge in [-0.2, -0.15) is 5.10 Å². The zero-order chi connectivity index (χ0) is 26.4. The van der Waals surface area contributed by atoms with E-state index in [0.717, 1.165) is 48.8 Å². The minimum Gasteiger partial charge on any atom is -0.327 e.